The maximum atomic E-state index is 12.8. The Balaban J connectivity index is 1.55. The van der Waals surface area contributed by atoms with Crippen molar-refractivity contribution in [1.29, 1.82) is 0 Å². The predicted molar refractivity (Wildman–Crippen MR) is 116 cm³/mol. The highest BCUT2D eigenvalue weighted by atomic mass is 32.2. The van der Waals surface area contributed by atoms with E-state index in [1.54, 1.807) is 36.5 Å². The second-order valence-corrected chi connectivity index (χ2v) is 8.39. The van der Waals surface area contributed by atoms with Crippen LogP contribution in [0.15, 0.2) is 77.8 Å². The first-order valence-corrected chi connectivity index (χ1v) is 10.6. The number of H-pyrrole nitrogens is 1. The summed E-state index contributed by atoms with van der Waals surface area (Å²) in [5.74, 6) is -1.15. The van der Waals surface area contributed by atoms with Crippen molar-refractivity contribution < 1.29 is 18.0 Å². The Morgan fingerprint density at radius 3 is 2.48 bits per heavy atom. The fourth-order valence-electron chi connectivity index (χ4n) is 2.97. The Kier molecular flexibility index (Phi) is 5.14. The van der Waals surface area contributed by atoms with Gasteiger partial charge in [-0.2, -0.15) is 5.10 Å². The third kappa shape index (κ3) is 4.38. The summed E-state index contributed by atoms with van der Waals surface area (Å²) in [6.45, 7) is 0. The molecule has 1 aromatic heterocycles. The monoisotopic (exact) mass is 435 g/mol. The maximum absolute atomic E-state index is 12.8. The number of primary amides is 1. The molecule has 156 valence electrons. The Morgan fingerprint density at radius 2 is 1.68 bits per heavy atom. The number of nitrogens with two attached hydrogens (primary N) is 1. The number of nitrogens with zero attached hydrogens (tertiary/aromatic N) is 1. The van der Waals surface area contributed by atoms with Gasteiger partial charge >= 0.3 is 0 Å². The minimum absolute atomic E-state index is 0.0734. The molecule has 1 heterocycles. The van der Waals surface area contributed by atoms with Crippen LogP contribution < -0.4 is 15.8 Å². The Labute approximate surface area is 177 Å². The number of nitrogens with one attached hydrogen (secondary N) is 3. The molecular formula is C21H17N5O4S. The normalized spacial score (nSPS) is 11.2. The summed E-state index contributed by atoms with van der Waals surface area (Å²) >= 11 is 0. The highest BCUT2D eigenvalue weighted by Gasteiger charge is 2.17. The molecule has 3 aromatic carbocycles. The van der Waals surface area contributed by atoms with Crippen molar-refractivity contribution >= 4 is 44.1 Å². The summed E-state index contributed by atoms with van der Waals surface area (Å²) in [5.41, 5.74) is 7.03. The zero-order valence-electron chi connectivity index (χ0n) is 16.0. The molecule has 0 aliphatic heterocycles. The summed E-state index contributed by atoms with van der Waals surface area (Å²) in [5, 5.41) is 10.2. The lowest BCUT2D eigenvalue weighted by molar-refractivity contribution is 0.0996. The second kappa shape index (κ2) is 7.92. The minimum atomic E-state index is -3.94. The SMILES string of the molecule is NC(=O)c1cccc(NC(=O)c2cccc(S(=O)(=O)Nc3ccc4cn[nH]c4c3)c2)c1. The first kappa shape index (κ1) is 20.1. The Hall–Kier alpha value is -4.18. The molecule has 4 rings (SSSR count). The van der Waals surface area contributed by atoms with Crippen molar-refractivity contribution in [2.45, 2.75) is 4.90 Å². The molecule has 9 nitrogen and oxygen atoms in total. The fourth-order valence-corrected chi connectivity index (χ4v) is 4.07. The van der Waals surface area contributed by atoms with Crippen LogP contribution in [0.25, 0.3) is 10.9 Å². The number of aromatic nitrogens is 2. The van der Waals surface area contributed by atoms with Gasteiger partial charge in [-0.1, -0.05) is 12.1 Å². The van der Waals surface area contributed by atoms with E-state index in [0.717, 1.165) is 5.39 Å². The third-order valence-corrected chi connectivity index (χ3v) is 5.88. The molecule has 0 unspecified atom stereocenters. The van der Waals surface area contributed by atoms with Gasteiger partial charge in [-0.3, -0.25) is 19.4 Å². The zero-order chi connectivity index (χ0) is 22.0. The summed E-state index contributed by atoms with van der Waals surface area (Å²) in [4.78, 5) is 23.8. The summed E-state index contributed by atoms with van der Waals surface area (Å²) in [7, 11) is -3.94. The molecule has 0 saturated carbocycles. The Morgan fingerprint density at radius 1 is 0.903 bits per heavy atom. The fraction of sp³-hybridized carbons (Fsp3) is 0. The lowest BCUT2D eigenvalue weighted by Gasteiger charge is -2.10. The van der Waals surface area contributed by atoms with E-state index in [-0.39, 0.29) is 16.0 Å². The van der Waals surface area contributed by atoms with E-state index < -0.39 is 21.8 Å². The van der Waals surface area contributed by atoms with Crippen LogP contribution in [0.1, 0.15) is 20.7 Å². The molecule has 4 aromatic rings. The van der Waals surface area contributed by atoms with E-state index in [2.05, 4.69) is 20.2 Å². The van der Waals surface area contributed by atoms with Gasteiger partial charge in [0.2, 0.25) is 5.91 Å². The highest BCUT2D eigenvalue weighted by Crippen LogP contribution is 2.21. The molecule has 0 aliphatic rings. The van der Waals surface area contributed by atoms with Crippen LogP contribution in [-0.2, 0) is 10.0 Å². The van der Waals surface area contributed by atoms with E-state index in [4.69, 9.17) is 5.73 Å². The summed E-state index contributed by atoms with van der Waals surface area (Å²) in [6, 6.07) is 16.7. The van der Waals surface area contributed by atoms with Gasteiger partial charge in [-0.05, 0) is 54.6 Å². The average Bonchev–Trinajstić information content (AvgIpc) is 3.21. The lowest BCUT2D eigenvalue weighted by Crippen LogP contribution is -2.16. The van der Waals surface area contributed by atoms with Crippen molar-refractivity contribution in [3.63, 3.8) is 0 Å². The second-order valence-electron chi connectivity index (χ2n) is 6.70. The van der Waals surface area contributed by atoms with Crippen LogP contribution in [-0.4, -0.2) is 30.4 Å². The molecule has 5 N–H and O–H groups in total. The van der Waals surface area contributed by atoms with Crippen molar-refractivity contribution in [1.82, 2.24) is 10.2 Å². The quantitative estimate of drug-likeness (QED) is 0.368. The summed E-state index contributed by atoms with van der Waals surface area (Å²) in [6.07, 6.45) is 1.63. The smallest absolute Gasteiger partial charge is 0.261 e. The van der Waals surface area contributed by atoms with Gasteiger partial charge in [0, 0.05) is 22.2 Å². The van der Waals surface area contributed by atoms with Crippen molar-refractivity contribution in [2.24, 2.45) is 5.73 Å². The van der Waals surface area contributed by atoms with Crippen LogP contribution in [0.2, 0.25) is 0 Å². The van der Waals surface area contributed by atoms with Gasteiger partial charge in [0.05, 0.1) is 22.3 Å². The molecule has 0 atom stereocenters. The largest absolute Gasteiger partial charge is 0.366 e. The van der Waals surface area contributed by atoms with Crippen molar-refractivity contribution in [3.8, 4) is 0 Å². The van der Waals surface area contributed by atoms with Crippen molar-refractivity contribution in [3.05, 3.63) is 84.1 Å². The first-order valence-electron chi connectivity index (χ1n) is 9.09. The van der Waals surface area contributed by atoms with Gasteiger partial charge in [0.25, 0.3) is 15.9 Å². The number of carbonyl (C=O) groups is 2. The van der Waals surface area contributed by atoms with E-state index in [9.17, 15) is 18.0 Å². The number of fused-ring (bicyclic) bond motifs is 1. The van der Waals surface area contributed by atoms with Gasteiger partial charge < -0.3 is 11.1 Å². The van der Waals surface area contributed by atoms with E-state index >= 15 is 0 Å². The number of anilines is 2. The molecule has 0 saturated heterocycles. The molecule has 0 fully saturated rings. The highest BCUT2D eigenvalue weighted by molar-refractivity contribution is 7.92. The zero-order valence-corrected chi connectivity index (χ0v) is 16.8. The van der Waals surface area contributed by atoms with Gasteiger partial charge in [0.15, 0.2) is 0 Å². The standard InChI is InChI=1S/C21H17N5O4S/c22-20(27)13-3-1-5-16(9-13)24-21(28)14-4-2-6-18(10-14)31(29,30)26-17-8-7-15-12-23-25-19(15)11-17/h1-12,26H,(H2,22,27)(H,23,25)(H,24,28). The number of benzene rings is 3. The third-order valence-electron chi connectivity index (χ3n) is 4.51. The van der Waals surface area contributed by atoms with Crippen LogP contribution in [0, 0.1) is 0 Å². The van der Waals surface area contributed by atoms with Crippen LogP contribution in [0.4, 0.5) is 11.4 Å². The van der Waals surface area contributed by atoms with E-state index in [1.165, 1.54) is 36.4 Å². The molecule has 0 aliphatic carbocycles. The molecule has 0 spiro atoms. The van der Waals surface area contributed by atoms with E-state index in [1.807, 2.05) is 0 Å². The first-order chi connectivity index (χ1) is 14.8. The number of aromatic amines is 1. The van der Waals surface area contributed by atoms with Crippen LogP contribution >= 0.6 is 0 Å². The van der Waals surface area contributed by atoms with Gasteiger partial charge in [-0.25, -0.2) is 8.42 Å². The van der Waals surface area contributed by atoms with Gasteiger partial charge in [0.1, 0.15) is 0 Å². The minimum Gasteiger partial charge on any atom is -0.366 e. The maximum Gasteiger partial charge on any atom is 0.261 e. The van der Waals surface area contributed by atoms with Crippen molar-refractivity contribution in [2.75, 3.05) is 10.0 Å². The average molecular weight is 435 g/mol. The Bertz CT molecular complexity index is 1410. The molecule has 10 heteroatoms. The molecular weight excluding hydrogens is 418 g/mol. The lowest BCUT2D eigenvalue weighted by atomic mass is 10.1. The molecule has 31 heavy (non-hydrogen) atoms. The number of sulfonamides is 1. The summed E-state index contributed by atoms with van der Waals surface area (Å²) < 4.78 is 28.1. The molecule has 2 amide bonds. The molecule has 0 radical (unpaired) electrons. The number of hydrogen-bond donors (Lipinski definition) is 4. The van der Waals surface area contributed by atoms with Crippen LogP contribution in [0.3, 0.4) is 0 Å². The topological polar surface area (TPSA) is 147 Å². The van der Waals surface area contributed by atoms with E-state index in [0.29, 0.717) is 16.9 Å². The molecule has 0 bridgehead atoms. The number of rotatable bonds is 6. The van der Waals surface area contributed by atoms with Gasteiger partial charge in [-0.15, -0.1) is 0 Å². The number of hydrogen-bond acceptors (Lipinski definition) is 5. The predicted octanol–water partition coefficient (Wildman–Crippen LogP) is 2.71. The number of carbonyl (C=O) groups excluding carboxylic acids is 2. The number of amides is 2. The van der Waals surface area contributed by atoms with Crippen LogP contribution in [0.5, 0.6) is 0 Å².